The van der Waals surface area contributed by atoms with Crippen LogP contribution < -0.4 is 10.0 Å². The average Bonchev–Trinajstić information content (AvgIpc) is 2.87. The van der Waals surface area contributed by atoms with E-state index in [2.05, 4.69) is 34.6 Å². The van der Waals surface area contributed by atoms with Gasteiger partial charge < -0.3 is 14.8 Å². The number of rotatable bonds is 6. The predicted octanol–water partition coefficient (Wildman–Crippen LogP) is 2.62. The number of hydrogen-bond donors (Lipinski definition) is 0. The van der Waals surface area contributed by atoms with E-state index < -0.39 is 5.97 Å². The summed E-state index contributed by atoms with van der Waals surface area (Å²) in [5, 5.41) is 10.7. The summed E-state index contributed by atoms with van der Waals surface area (Å²) >= 11 is 0. The summed E-state index contributed by atoms with van der Waals surface area (Å²) in [6.45, 7) is 11.0. The van der Waals surface area contributed by atoms with Gasteiger partial charge in [-0.3, -0.25) is 4.79 Å². The Bertz CT molecular complexity index is 578. The molecule has 0 radical (unpaired) electrons. The maximum atomic E-state index is 12.7. The number of carbonyl (C=O) groups is 2. The molecule has 1 aliphatic rings. The minimum Gasteiger partial charge on any atom is -0.550 e. The Kier molecular flexibility index (Phi) is 4.56. The number of aliphatic carboxylic acids is 1. The summed E-state index contributed by atoms with van der Waals surface area (Å²) in [5.74, 6) is -0.986. The van der Waals surface area contributed by atoms with Crippen LogP contribution in [0.15, 0.2) is 30.3 Å². The highest BCUT2D eigenvalue weighted by Gasteiger charge is 2.67. The van der Waals surface area contributed by atoms with Crippen LogP contribution in [0.3, 0.4) is 0 Å². The summed E-state index contributed by atoms with van der Waals surface area (Å²) in [6.07, 6.45) is -0.276. The summed E-state index contributed by atoms with van der Waals surface area (Å²) in [4.78, 5) is 25.1. The number of carboxylic acids is 1. The van der Waals surface area contributed by atoms with E-state index in [-0.39, 0.29) is 35.6 Å². The Morgan fingerprint density at radius 3 is 2.04 bits per heavy atom. The number of carbonyl (C=O) groups excluding carboxylic acids is 2. The Morgan fingerprint density at radius 1 is 1.09 bits per heavy atom. The van der Waals surface area contributed by atoms with Crippen LogP contribution in [0, 0.1) is 16.7 Å². The zero-order valence-corrected chi connectivity index (χ0v) is 14.6. The molecule has 1 amide bonds. The van der Waals surface area contributed by atoms with Gasteiger partial charge in [0.1, 0.15) is 0 Å². The molecule has 1 aromatic rings. The lowest BCUT2D eigenvalue weighted by molar-refractivity contribution is -0.305. The summed E-state index contributed by atoms with van der Waals surface area (Å²) in [5.41, 5.74) is 1.11. The van der Waals surface area contributed by atoms with Crippen molar-refractivity contribution in [2.45, 2.75) is 53.5 Å². The zero-order chi connectivity index (χ0) is 17.4. The Morgan fingerprint density at radius 2 is 1.61 bits per heavy atom. The summed E-state index contributed by atoms with van der Waals surface area (Å²) in [7, 11) is 0. The molecule has 23 heavy (non-hydrogen) atoms. The monoisotopic (exact) mass is 316 g/mol. The van der Waals surface area contributed by atoms with Crippen LogP contribution in [0.2, 0.25) is 0 Å². The average molecular weight is 316 g/mol. The standard InChI is InChI=1S/C19H27NO3/c1-13(17-18(2,3)19(17,4)5)20(14-9-7-6-8-10-14)15(21)11-12-16(22)23/h6-10,13,17H,11-12H2,1-5H3,(H,22,23)/p-1/t13-/m1/s1. The van der Waals surface area contributed by atoms with Gasteiger partial charge in [0.15, 0.2) is 0 Å². The second-order valence-corrected chi connectivity index (χ2v) is 7.63. The fraction of sp³-hybridized carbons (Fsp3) is 0.579. The highest BCUT2D eigenvalue weighted by atomic mass is 16.4. The maximum absolute atomic E-state index is 12.7. The molecule has 1 aliphatic carbocycles. The first-order valence-electron chi connectivity index (χ1n) is 8.17. The van der Waals surface area contributed by atoms with Crippen LogP contribution in [0.1, 0.15) is 47.5 Å². The van der Waals surface area contributed by atoms with Crippen molar-refractivity contribution in [3.63, 3.8) is 0 Å². The number of carboxylic acid groups (broad SMARTS) is 1. The van der Waals surface area contributed by atoms with Gasteiger partial charge in [-0.2, -0.15) is 0 Å². The molecule has 1 atom stereocenters. The van der Waals surface area contributed by atoms with Gasteiger partial charge in [0.2, 0.25) is 5.91 Å². The van der Waals surface area contributed by atoms with E-state index in [0.717, 1.165) is 5.69 Å². The van der Waals surface area contributed by atoms with Gasteiger partial charge >= 0.3 is 0 Å². The molecule has 2 rings (SSSR count). The molecule has 1 saturated carbocycles. The number of hydrogen-bond acceptors (Lipinski definition) is 3. The van der Waals surface area contributed by atoms with Gasteiger partial charge in [-0.15, -0.1) is 0 Å². The minimum absolute atomic E-state index is 0.0108. The molecule has 4 heteroatoms. The molecule has 0 spiro atoms. The molecule has 1 aromatic carbocycles. The molecule has 0 N–H and O–H groups in total. The van der Waals surface area contributed by atoms with E-state index in [1.807, 2.05) is 30.3 Å². The Balaban J connectivity index is 2.28. The molecule has 1 fully saturated rings. The lowest BCUT2D eigenvalue weighted by Gasteiger charge is -2.31. The highest BCUT2D eigenvalue weighted by molar-refractivity contribution is 5.95. The second kappa shape index (κ2) is 5.99. The van der Waals surface area contributed by atoms with Crippen LogP contribution in [-0.2, 0) is 9.59 Å². The fourth-order valence-electron chi connectivity index (χ4n) is 4.13. The van der Waals surface area contributed by atoms with Crippen molar-refractivity contribution in [1.82, 2.24) is 0 Å². The second-order valence-electron chi connectivity index (χ2n) is 7.63. The first-order valence-corrected chi connectivity index (χ1v) is 8.17. The largest absolute Gasteiger partial charge is 0.550 e. The third kappa shape index (κ3) is 3.12. The number of benzene rings is 1. The normalized spacial score (nSPS) is 19.9. The van der Waals surface area contributed by atoms with E-state index >= 15 is 0 Å². The van der Waals surface area contributed by atoms with Crippen molar-refractivity contribution in [2.75, 3.05) is 4.90 Å². The number of anilines is 1. The lowest BCUT2D eigenvalue weighted by atomic mass is 10.0. The highest BCUT2D eigenvalue weighted by Crippen LogP contribution is 2.70. The summed E-state index contributed by atoms with van der Waals surface area (Å²) in [6, 6.07) is 9.50. The van der Waals surface area contributed by atoms with Crippen molar-refractivity contribution in [3.8, 4) is 0 Å². The van der Waals surface area contributed by atoms with Gasteiger partial charge in [-0.25, -0.2) is 0 Å². The van der Waals surface area contributed by atoms with Gasteiger partial charge in [0.25, 0.3) is 0 Å². The first-order chi connectivity index (χ1) is 10.6. The van der Waals surface area contributed by atoms with Crippen LogP contribution in [0.5, 0.6) is 0 Å². The Hall–Kier alpha value is -1.84. The summed E-state index contributed by atoms with van der Waals surface area (Å²) < 4.78 is 0. The van der Waals surface area contributed by atoms with E-state index in [1.54, 1.807) is 4.90 Å². The molecule has 0 aliphatic heterocycles. The van der Waals surface area contributed by atoms with Gasteiger partial charge in [-0.1, -0.05) is 45.9 Å². The van der Waals surface area contributed by atoms with Crippen LogP contribution in [-0.4, -0.2) is 17.9 Å². The fourth-order valence-corrected chi connectivity index (χ4v) is 4.13. The third-order valence-corrected chi connectivity index (χ3v) is 5.87. The molecular formula is C19H26NO3-. The quantitative estimate of drug-likeness (QED) is 0.810. The topological polar surface area (TPSA) is 60.4 Å². The molecule has 0 unspecified atom stereocenters. The Labute approximate surface area is 138 Å². The van der Waals surface area contributed by atoms with Gasteiger partial charge in [-0.05, 0) is 42.2 Å². The first kappa shape index (κ1) is 17.5. The van der Waals surface area contributed by atoms with Crippen molar-refractivity contribution in [3.05, 3.63) is 30.3 Å². The predicted molar refractivity (Wildman–Crippen MR) is 88.7 cm³/mol. The van der Waals surface area contributed by atoms with Gasteiger partial charge in [0, 0.05) is 24.1 Å². The van der Waals surface area contributed by atoms with Crippen molar-refractivity contribution < 1.29 is 14.7 Å². The van der Waals surface area contributed by atoms with E-state index in [0.29, 0.717) is 5.92 Å². The smallest absolute Gasteiger partial charge is 0.227 e. The maximum Gasteiger partial charge on any atom is 0.227 e. The molecule has 0 aromatic heterocycles. The third-order valence-electron chi connectivity index (χ3n) is 5.87. The number of para-hydroxylation sites is 1. The van der Waals surface area contributed by atoms with E-state index in [9.17, 15) is 14.7 Å². The van der Waals surface area contributed by atoms with E-state index in [4.69, 9.17) is 0 Å². The van der Waals surface area contributed by atoms with Crippen molar-refractivity contribution >= 4 is 17.6 Å². The number of nitrogens with zero attached hydrogens (tertiary/aromatic N) is 1. The van der Waals surface area contributed by atoms with Crippen molar-refractivity contribution in [1.29, 1.82) is 0 Å². The molecular weight excluding hydrogens is 290 g/mol. The SMILES string of the molecule is C[C@H](C1C(C)(C)C1(C)C)N(C(=O)CCC(=O)[O-])c1ccccc1. The number of amides is 1. The van der Waals surface area contributed by atoms with Crippen molar-refractivity contribution in [2.24, 2.45) is 16.7 Å². The lowest BCUT2D eigenvalue weighted by Crippen LogP contribution is -2.42. The molecule has 0 saturated heterocycles. The zero-order valence-electron chi connectivity index (χ0n) is 14.6. The van der Waals surface area contributed by atoms with Crippen LogP contribution >= 0.6 is 0 Å². The molecule has 0 heterocycles. The molecule has 126 valence electrons. The molecule has 4 nitrogen and oxygen atoms in total. The molecule has 0 bridgehead atoms. The van der Waals surface area contributed by atoms with Gasteiger partial charge in [0.05, 0.1) is 0 Å². The van der Waals surface area contributed by atoms with Crippen LogP contribution in [0.25, 0.3) is 0 Å². The van der Waals surface area contributed by atoms with Crippen LogP contribution in [0.4, 0.5) is 5.69 Å². The minimum atomic E-state index is -1.19. The van der Waals surface area contributed by atoms with E-state index in [1.165, 1.54) is 0 Å².